The fourth-order valence-corrected chi connectivity index (χ4v) is 2.73. The second-order valence-corrected chi connectivity index (χ2v) is 6.34. The van der Waals surface area contributed by atoms with E-state index >= 15 is 0 Å². The molecule has 1 saturated heterocycles. The van der Waals surface area contributed by atoms with Gasteiger partial charge in [0.15, 0.2) is 6.29 Å². The van der Waals surface area contributed by atoms with E-state index in [9.17, 15) is 4.79 Å². The fourth-order valence-electron chi connectivity index (χ4n) is 2.73. The van der Waals surface area contributed by atoms with Crippen molar-refractivity contribution in [1.82, 2.24) is 5.32 Å². The molecule has 140 valence electrons. The van der Waals surface area contributed by atoms with Crippen LogP contribution in [0.5, 0.6) is 0 Å². The van der Waals surface area contributed by atoms with E-state index in [1.54, 1.807) is 0 Å². The highest BCUT2D eigenvalue weighted by Gasteiger charge is 2.13. The Labute approximate surface area is 155 Å². The smallest absolute Gasteiger partial charge is 0.407 e. The van der Waals surface area contributed by atoms with Crippen molar-refractivity contribution in [1.29, 1.82) is 0 Å². The number of carbonyl (C=O) groups is 1. The van der Waals surface area contributed by atoms with Crippen molar-refractivity contribution in [2.45, 2.75) is 45.3 Å². The molecule has 1 aliphatic rings. The van der Waals surface area contributed by atoms with Crippen molar-refractivity contribution in [3.8, 4) is 0 Å². The van der Waals surface area contributed by atoms with Gasteiger partial charge in [-0.3, -0.25) is 0 Å². The standard InChI is InChI=1S/C21H25NO4.H2/c23-21(26-16-18-6-2-1-3-7-18)22-14-17-9-11-19(12-10-17)15-25-20-8-4-5-13-24-20;/h1-3,6-7,9-12,20H,4-5,8,13-16H2,(H,22,23);1H. The van der Waals surface area contributed by atoms with Crippen LogP contribution >= 0.6 is 0 Å². The van der Waals surface area contributed by atoms with Crippen molar-refractivity contribution < 1.29 is 20.4 Å². The van der Waals surface area contributed by atoms with Crippen LogP contribution in [-0.2, 0) is 34.0 Å². The molecular weight excluding hydrogens is 330 g/mol. The highest BCUT2D eigenvalue weighted by Crippen LogP contribution is 2.16. The highest BCUT2D eigenvalue weighted by molar-refractivity contribution is 5.67. The predicted octanol–water partition coefficient (Wildman–Crippen LogP) is 4.40. The highest BCUT2D eigenvalue weighted by atomic mass is 16.7. The average Bonchev–Trinajstić information content (AvgIpc) is 2.71. The van der Waals surface area contributed by atoms with Crippen molar-refractivity contribution in [3.05, 3.63) is 71.3 Å². The molecule has 5 nitrogen and oxygen atoms in total. The van der Waals surface area contributed by atoms with Gasteiger partial charge in [-0.1, -0.05) is 54.6 Å². The van der Waals surface area contributed by atoms with Crippen LogP contribution in [0, 0.1) is 0 Å². The number of ether oxygens (including phenoxy) is 3. The number of nitrogens with one attached hydrogen (secondary N) is 1. The van der Waals surface area contributed by atoms with Gasteiger partial charge >= 0.3 is 6.09 Å². The van der Waals surface area contributed by atoms with Gasteiger partial charge in [0.05, 0.1) is 6.61 Å². The Kier molecular flexibility index (Phi) is 7.05. The molecule has 1 aliphatic heterocycles. The maximum absolute atomic E-state index is 11.8. The molecule has 0 radical (unpaired) electrons. The minimum Gasteiger partial charge on any atom is -0.445 e. The molecule has 1 unspecified atom stereocenters. The van der Waals surface area contributed by atoms with Crippen LogP contribution in [0.2, 0.25) is 0 Å². The van der Waals surface area contributed by atoms with E-state index in [4.69, 9.17) is 14.2 Å². The number of rotatable bonds is 7. The summed E-state index contributed by atoms with van der Waals surface area (Å²) >= 11 is 0. The lowest BCUT2D eigenvalue weighted by molar-refractivity contribution is -0.168. The summed E-state index contributed by atoms with van der Waals surface area (Å²) in [6.07, 6.45) is 2.75. The topological polar surface area (TPSA) is 56.8 Å². The van der Waals surface area contributed by atoms with Crippen LogP contribution in [0.4, 0.5) is 4.79 Å². The molecule has 0 spiro atoms. The first-order valence-corrected chi connectivity index (χ1v) is 9.05. The summed E-state index contributed by atoms with van der Waals surface area (Å²) in [6, 6.07) is 17.6. The first-order valence-electron chi connectivity index (χ1n) is 9.05. The lowest BCUT2D eigenvalue weighted by Gasteiger charge is -2.22. The van der Waals surface area contributed by atoms with Gasteiger partial charge in [0.2, 0.25) is 0 Å². The largest absolute Gasteiger partial charge is 0.445 e. The summed E-state index contributed by atoms with van der Waals surface area (Å²) in [6.45, 7) is 2.03. The Morgan fingerprint density at radius 3 is 2.46 bits per heavy atom. The molecule has 1 atom stereocenters. The molecule has 0 aromatic heterocycles. The Balaban J connectivity index is 0.00000261. The summed E-state index contributed by atoms with van der Waals surface area (Å²) < 4.78 is 16.5. The number of alkyl carbamates (subject to hydrolysis) is 1. The normalized spacial score (nSPS) is 16.8. The van der Waals surface area contributed by atoms with E-state index in [1.807, 2.05) is 54.6 Å². The lowest BCUT2D eigenvalue weighted by Crippen LogP contribution is -2.23. The van der Waals surface area contributed by atoms with E-state index in [1.165, 1.54) is 0 Å². The zero-order chi connectivity index (χ0) is 18.0. The molecule has 0 saturated carbocycles. The summed E-state index contributed by atoms with van der Waals surface area (Å²) in [5, 5.41) is 2.76. The van der Waals surface area contributed by atoms with Gasteiger partial charge in [0.1, 0.15) is 6.61 Å². The van der Waals surface area contributed by atoms with Crippen molar-refractivity contribution >= 4 is 6.09 Å². The Hall–Kier alpha value is -2.37. The molecule has 3 rings (SSSR count). The Morgan fingerprint density at radius 1 is 1.00 bits per heavy atom. The van der Waals surface area contributed by atoms with Gasteiger partial charge in [0.25, 0.3) is 0 Å². The monoisotopic (exact) mass is 357 g/mol. The minimum absolute atomic E-state index is 0. The Bertz CT molecular complexity index is 672. The van der Waals surface area contributed by atoms with Gasteiger partial charge in [0, 0.05) is 14.6 Å². The van der Waals surface area contributed by atoms with Gasteiger partial charge in [-0.2, -0.15) is 0 Å². The van der Waals surface area contributed by atoms with E-state index in [2.05, 4.69) is 5.32 Å². The SMILES string of the molecule is O=C(NCc1ccc(COC2CCCCO2)cc1)OCc1ccccc1.[HH]. The third-order valence-electron chi connectivity index (χ3n) is 4.25. The molecule has 1 fully saturated rings. The second kappa shape index (κ2) is 9.94. The van der Waals surface area contributed by atoms with Crippen LogP contribution in [0.15, 0.2) is 54.6 Å². The molecule has 26 heavy (non-hydrogen) atoms. The van der Waals surface area contributed by atoms with Gasteiger partial charge in [-0.25, -0.2) is 4.79 Å². The zero-order valence-electron chi connectivity index (χ0n) is 14.9. The fraction of sp³-hybridized carbons (Fsp3) is 0.381. The number of hydrogen-bond donors (Lipinski definition) is 1. The number of carbonyl (C=O) groups excluding carboxylic acids is 1. The molecule has 2 aromatic carbocycles. The van der Waals surface area contributed by atoms with Crippen LogP contribution in [-0.4, -0.2) is 19.0 Å². The van der Waals surface area contributed by atoms with Crippen LogP contribution < -0.4 is 5.32 Å². The molecular formula is C21H27NO4. The minimum atomic E-state index is -0.421. The van der Waals surface area contributed by atoms with E-state index in [0.717, 1.165) is 42.6 Å². The maximum Gasteiger partial charge on any atom is 0.407 e. The van der Waals surface area contributed by atoms with E-state index in [-0.39, 0.29) is 14.3 Å². The third-order valence-corrected chi connectivity index (χ3v) is 4.25. The molecule has 0 bridgehead atoms. The van der Waals surface area contributed by atoms with Crippen LogP contribution in [0.1, 0.15) is 37.4 Å². The van der Waals surface area contributed by atoms with Crippen molar-refractivity contribution in [2.24, 2.45) is 0 Å². The molecule has 2 aromatic rings. The molecule has 0 aliphatic carbocycles. The molecule has 5 heteroatoms. The third kappa shape index (κ3) is 6.17. The van der Waals surface area contributed by atoms with Gasteiger partial charge in [-0.15, -0.1) is 0 Å². The molecule has 1 amide bonds. The molecule has 1 heterocycles. The zero-order valence-corrected chi connectivity index (χ0v) is 14.9. The van der Waals surface area contributed by atoms with E-state index in [0.29, 0.717) is 13.2 Å². The van der Waals surface area contributed by atoms with Gasteiger partial charge in [-0.05, 0) is 36.0 Å². The van der Waals surface area contributed by atoms with Crippen LogP contribution in [0.25, 0.3) is 0 Å². The number of benzene rings is 2. The maximum atomic E-state index is 11.8. The summed E-state index contributed by atoms with van der Waals surface area (Å²) in [5.41, 5.74) is 3.07. The predicted molar refractivity (Wildman–Crippen MR) is 100 cm³/mol. The van der Waals surface area contributed by atoms with Crippen molar-refractivity contribution in [2.75, 3.05) is 6.61 Å². The quantitative estimate of drug-likeness (QED) is 0.798. The number of amides is 1. The van der Waals surface area contributed by atoms with Gasteiger partial charge < -0.3 is 19.5 Å². The number of hydrogen-bond acceptors (Lipinski definition) is 4. The van der Waals surface area contributed by atoms with Crippen LogP contribution in [0.3, 0.4) is 0 Å². The van der Waals surface area contributed by atoms with E-state index < -0.39 is 6.09 Å². The first kappa shape index (κ1) is 18.4. The second-order valence-electron chi connectivity index (χ2n) is 6.34. The summed E-state index contributed by atoms with van der Waals surface area (Å²) in [4.78, 5) is 11.8. The molecule has 1 N–H and O–H groups in total. The Morgan fingerprint density at radius 2 is 1.73 bits per heavy atom. The first-order chi connectivity index (χ1) is 12.8. The average molecular weight is 357 g/mol. The summed E-state index contributed by atoms with van der Waals surface area (Å²) in [5.74, 6) is 0. The van der Waals surface area contributed by atoms with Crippen molar-refractivity contribution in [3.63, 3.8) is 0 Å². The lowest BCUT2D eigenvalue weighted by atomic mass is 10.1. The summed E-state index contributed by atoms with van der Waals surface area (Å²) in [7, 11) is 0.